The van der Waals surface area contributed by atoms with Gasteiger partial charge in [-0.2, -0.15) is 5.26 Å². The van der Waals surface area contributed by atoms with Gasteiger partial charge >= 0.3 is 0 Å². The molecule has 0 amide bonds. The summed E-state index contributed by atoms with van der Waals surface area (Å²) in [5.74, 6) is 0.504. The Morgan fingerprint density at radius 2 is 2.12 bits per heavy atom. The van der Waals surface area contributed by atoms with E-state index in [-0.39, 0.29) is 6.04 Å². The lowest BCUT2D eigenvalue weighted by Crippen LogP contribution is -2.34. The van der Waals surface area contributed by atoms with Crippen LogP contribution in [0.5, 0.6) is 0 Å². The highest BCUT2D eigenvalue weighted by Gasteiger charge is 2.20. The standard InChI is InChI=1S/C13H16N4/c1-9(16-13(15)17-12-6-7-12)11-4-2-10(8-14)3-5-11/h2-5,9,12H,6-7H2,1H3,(H3,15,16,17). The van der Waals surface area contributed by atoms with Gasteiger partial charge in [-0.15, -0.1) is 0 Å². The van der Waals surface area contributed by atoms with E-state index in [1.807, 2.05) is 31.2 Å². The number of rotatable bonds is 3. The van der Waals surface area contributed by atoms with Crippen LogP contribution in [0, 0.1) is 11.3 Å². The summed E-state index contributed by atoms with van der Waals surface area (Å²) in [4.78, 5) is 4.32. The van der Waals surface area contributed by atoms with Gasteiger partial charge < -0.3 is 11.1 Å². The van der Waals surface area contributed by atoms with Crippen LogP contribution in [0.3, 0.4) is 0 Å². The lowest BCUT2D eigenvalue weighted by atomic mass is 10.1. The SMILES string of the molecule is CC(NC(N)=NC1CC1)c1ccc(C#N)cc1. The molecule has 2 rings (SSSR count). The first-order valence-corrected chi connectivity index (χ1v) is 5.79. The van der Waals surface area contributed by atoms with Gasteiger partial charge in [-0.3, -0.25) is 4.99 Å². The molecule has 0 aromatic heterocycles. The second-order valence-electron chi connectivity index (χ2n) is 4.35. The number of hydrogen-bond donors (Lipinski definition) is 2. The lowest BCUT2D eigenvalue weighted by Gasteiger charge is -2.14. The van der Waals surface area contributed by atoms with Crippen LogP contribution in [0.25, 0.3) is 0 Å². The number of hydrogen-bond acceptors (Lipinski definition) is 2. The van der Waals surface area contributed by atoms with Gasteiger partial charge in [0.1, 0.15) is 0 Å². The maximum Gasteiger partial charge on any atom is 0.189 e. The normalized spacial score (nSPS) is 17.3. The quantitative estimate of drug-likeness (QED) is 0.610. The molecule has 4 nitrogen and oxygen atoms in total. The van der Waals surface area contributed by atoms with Crippen LogP contribution in [0.2, 0.25) is 0 Å². The molecule has 0 bridgehead atoms. The monoisotopic (exact) mass is 228 g/mol. The van der Waals surface area contributed by atoms with Crippen LogP contribution in [0.15, 0.2) is 29.3 Å². The van der Waals surface area contributed by atoms with Crippen LogP contribution in [-0.2, 0) is 0 Å². The molecule has 1 aromatic carbocycles. The molecule has 88 valence electrons. The zero-order valence-corrected chi connectivity index (χ0v) is 9.85. The molecule has 17 heavy (non-hydrogen) atoms. The van der Waals surface area contributed by atoms with E-state index in [0.717, 1.165) is 18.4 Å². The Balaban J connectivity index is 1.98. The second-order valence-corrected chi connectivity index (χ2v) is 4.35. The van der Waals surface area contributed by atoms with E-state index >= 15 is 0 Å². The number of nitrogens with two attached hydrogens (primary N) is 1. The zero-order valence-electron chi connectivity index (χ0n) is 9.85. The summed E-state index contributed by atoms with van der Waals surface area (Å²) in [6, 6.07) is 10.1. The Kier molecular flexibility index (Phi) is 3.29. The Labute approximate surface area is 101 Å². The predicted octanol–water partition coefficient (Wildman–Crippen LogP) is 1.69. The molecular weight excluding hydrogens is 212 g/mol. The molecule has 0 heterocycles. The fraction of sp³-hybridized carbons (Fsp3) is 0.385. The number of nitriles is 1. The van der Waals surface area contributed by atoms with Gasteiger partial charge in [-0.05, 0) is 37.5 Å². The Bertz CT molecular complexity index is 451. The summed E-state index contributed by atoms with van der Waals surface area (Å²) in [7, 11) is 0. The second kappa shape index (κ2) is 4.88. The van der Waals surface area contributed by atoms with E-state index in [4.69, 9.17) is 11.0 Å². The van der Waals surface area contributed by atoms with Gasteiger partial charge in [0, 0.05) is 0 Å². The average molecular weight is 228 g/mol. The van der Waals surface area contributed by atoms with Gasteiger partial charge in [0.05, 0.1) is 23.7 Å². The largest absolute Gasteiger partial charge is 0.370 e. The van der Waals surface area contributed by atoms with Gasteiger partial charge in [0.15, 0.2) is 5.96 Å². The molecule has 3 N–H and O–H groups in total. The van der Waals surface area contributed by atoms with Crippen LogP contribution >= 0.6 is 0 Å². The minimum absolute atomic E-state index is 0.102. The van der Waals surface area contributed by atoms with Gasteiger partial charge in [-0.1, -0.05) is 12.1 Å². The van der Waals surface area contributed by atoms with Crippen molar-refractivity contribution in [2.24, 2.45) is 10.7 Å². The average Bonchev–Trinajstić information content (AvgIpc) is 3.12. The number of benzene rings is 1. The maximum atomic E-state index is 8.71. The van der Waals surface area contributed by atoms with Gasteiger partial charge in [0.25, 0.3) is 0 Å². The molecule has 0 aliphatic heterocycles. The molecule has 1 saturated carbocycles. The number of guanidine groups is 1. The van der Waals surface area contributed by atoms with Gasteiger partial charge in [0.2, 0.25) is 0 Å². The highest BCUT2D eigenvalue weighted by molar-refractivity contribution is 5.78. The highest BCUT2D eigenvalue weighted by Crippen LogP contribution is 2.23. The van der Waals surface area contributed by atoms with Crippen molar-refractivity contribution < 1.29 is 0 Å². The van der Waals surface area contributed by atoms with Gasteiger partial charge in [-0.25, -0.2) is 0 Å². The summed E-state index contributed by atoms with van der Waals surface area (Å²) in [5, 5.41) is 11.9. The third-order valence-corrected chi connectivity index (χ3v) is 2.77. The molecule has 1 aliphatic rings. The molecular formula is C13H16N4. The Hall–Kier alpha value is -2.02. The summed E-state index contributed by atoms with van der Waals surface area (Å²) in [6.07, 6.45) is 2.29. The molecule has 0 spiro atoms. The molecule has 1 atom stereocenters. The first-order valence-electron chi connectivity index (χ1n) is 5.79. The molecule has 1 unspecified atom stereocenters. The van der Waals surface area contributed by atoms with Crippen molar-refractivity contribution in [1.82, 2.24) is 5.32 Å². The molecule has 4 heteroatoms. The van der Waals surface area contributed by atoms with Crippen molar-refractivity contribution in [1.29, 1.82) is 5.26 Å². The predicted molar refractivity (Wildman–Crippen MR) is 67.4 cm³/mol. The smallest absolute Gasteiger partial charge is 0.189 e. The first-order chi connectivity index (χ1) is 8.19. The Morgan fingerprint density at radius 3 is 2.65 bits per heavy atom. The third-order valence-electron chi connectivity index (χ3n) is 2.77. The fourth-order valence-electron chi connectivity index (χ4n) is 1.59. The molecule has 1 fully saturated rings. The van der Waals surface area contributed by atoms with Crippen molar-refractivity contribution in [2.75, 3.05) is 0 Å². The number of nitrogens with zero attached hydrogens (tertiary/aromatic N) is 2. The van der Waals surface area contributed by atoms with E-state index in [1.54, 1.807) is 0 Å². The maximum absolute atomic E-state index is 8.71. The number of aliphatic imine (C=N–C) groups is 1. The van der Waals surface area contributed by atoms with E-state index < -0.39 is 0 Å². The summed E-state index contributed by atoms with van der Waals surface area (Å²) in [6.45, 7) is 2.02. The van der Waals surface area contributed by atoms with Crippen molar-refractivity contribution in [2.45, 2.75) is 31.8 Å². The molecule has 0 radical (unpaired) electrons. The molecule has 1 aliphatic carbocycles. The van der Waals surface area contributed by atoms with Crippen molar-refractivity contribution >= 4 is 5.96 Å². The summed E-state index contributed by atoms with van der Waals surface area (Å²) in [5.41, 5.74) is 7.56. The van der Waals surface area contributed by atoms with E-state index in [0.29, 0.717) is 17.6 Å². The molecule has 1 aromatic rings. The minimum Gasteiger partial charge on any atom is -0.370 e. The highest BCUT2D eigenvalue weighted by atomic mass is 15.1. The number of nitrogens with one attached hydrogen (secondary N) is 1. The van der Waals surface area contributed by atoms with E-state index in [2.05, 4.69) is 16.4 Å². The molecule has 0 saturated heterocycles. The van der Waals surface area contributed by atoms with Crippen molar-refractivity contribution in [3.8, 4) is 6.07 Å². The van der Waals surface area contributed by atoms with Crippen molar-refractivity contribution in [3.63, 3.8) is 0 Å². The topological polar surface area (TPSA) is 74.2 Å². The summed E-state index contributed by atoms with van der Waals surface area (Å²) >= 11 is 0. The third kappa shape index (κ3) is 3.22. The van der Waals surface area contributed by atoms with Crippen LogP contribution in [-0.4, -0.2) is 12.0 Å². The Morgan fingerprint density at radius 1 is 1.47 bits per heavy atom. The van der Waals surface area contributed by atoms with E-state index in [1.165, 1.54) is 0 Å². The minimum atomic E-state index is 0.102. The fourth-order valence-corrected chi connectivity index (χ4v) is 1.59. The first kappa shape index (κ1) is 11.5. The van der Waals surface area contributed by atoms with Crippen LogP contribution < -0.4 is 11.1 Å². The lowest BCUT2D eigenvalue weighted by molar-refractivity contribution is 0.707. The van der Waals surface area contributed by atoms with Crippen LogP contribution in [0.1, 0.15) is 36.9 Å². The summed E-state index contributed by atoms with van der Waals surface area (Å²) < 4.78 is 0. The van der Waals surface area contributed by atoms with Crippen LogP contribution in [0.4, 0.5) is 0 Å². The van der Waals surface area contributed by atoms with E-state index in [9.17, 15) is 0 Å². The zero-order chi connectivity index (χ0) is 12.3. The van der Waals surface area contributed by atoms with Crippen molar-refractivity contribution in [3.05, 3.63) is 35.4 Å².